The molecule has 9 heteroatoms. The van der Waals surface area contributed by atoms with Gasteiger partial charge in [-0.3, -0.25) is 13.9 Å². The van der Waals surface area contributed by atoms with Gasteiger partial charge in [0.05, 0.1) is 11.9 Å². The van der Waals surface area contributed by atoms with E-state index < -0.39 is 28.5 Å². The fourth-order valence-electron chi connectivity index (χ4n) is 4.31. The van der Waals surface area contributed by atoms with E-state index in [0.29, 0.717) is 17.1 Å². The standard InChI is InChI=1S/C26H34ClN3O4S/c1-19-13-14-23(17-24(19)27)30(35(3,33)34)18-25(31)29(16-15-21-9-5-4-6-10-21)20(2)26(32)28-22-11-7-8-12-22/h4-6,9-10,13-14,17,20,22H,7-8,11-12,15-16,18H2,1-3H3,(H,28,32). The maximum absolute atomic E-state index is 13.5. The number of anilines is 1. The molecule has 1 unspecified atom stereocenters. The zero-order chi connectivity index (χ0) is 25.6. The maximum atomic E-state index is 13.5. The highest BCUT2D eigenvalue weighted by Crippen LogP contribution is 2.25. The van der Waals surface area contributed by atoms with Crippen molar-refractivity contribution in [3.8, 4) is 0 Å². The van der Waals surface area contributed by atoms with Gasteiger partial charge >= 0.3 is 0 Å². The molecule has 0 saturated heterocycles. The molecule has 2 amide bonds. The van der Waals surface area contributed by atoms with Gasteiger partial charge in [-0.2, -0.15) is 0 Å². The molecule has 0 bridgehead atoms. The zero-order valence-electron chi connectivity index (χ0n) is 20.5. The number of amides is 2. The minimum absolute atomic E-state index is 0.123. The lowest BCUT2D eigenvalue weighted by molar-refractivity contribution is -0.139. The van der Waals surface area contributed by atoms with Gasteiger partial charge in [0.25, 0.3) is 0 Å². The van der Waals surface area contributed by atoms with Crippen molar-refractivity contribution in [2.45, 2.75) is 58.0 Å². The summed E-state index contributed by atoms with van der Waals surface area (Å²) in [6.07, 6.45) is 5.64. The molecule has 0 aromatic heterocycles. The fraction of sp³-hybridized carbons (Fsp3) is 0.462. The lowest BCUT2D eigenvalue weighted by Crippen LogP contribution is -2.53. The van der Waals surface area contributed by atoms with Crippen molar-refractivity contribution in [2.24, 2.45) is 0 Å². The summed E-state index contributed by atoms with van der Waals surface area (Å²) in [7, 11) is -3.78. The molecule has 1 N–H and O–H groups in total. The summed E-state index contributed by atoms with van der Waals surface area (Å²) < 4.78 is 26.3. The third kappa shape index (κ3) is 7.45. The van der Waals surface area contributed by atoms with Crippen LogP contribution in [0.4, 0.5) is 5.69 Å². The van der Waals surface area contributed by atoms with E-state index in [9.17, 15) is 18.0 Å². The van der Waals surface area contributed by atoms with Crippen LogP contribution < -0.4 is 9.62 Å². The predicted octanol–water partition coefficient (Wildman–Crippen LogP) is 3.93. The minimum Gasteiger partial charge on any atom is -0.352 e. The first kappa shape index (κ1) is 27.0. The molecule has 35 heavy (non-hydrogen) atoms. The van der Waals surface area contributed by atoms with Gasteiger partial charge in [-0.25, -0.2) is 8.42 Å². The molecule has 3 rings (SSSR count). The first-order valence-electron chi connectivity index (χ1n) is 11.9. The third-order valence-corrected chi connectivity index (χ3v) is 8.02. The van der Waals surface area contributed by atoms with Crippen LogP contribution in [-0.2, 0) is 26.0 Å². The van der Waals surface area contributed by atoms with E-state index in [0.717, 1.165) is 47.4 Å². The summed E-state index contributed by atoms with van der Waals surface area (Å²) in [6.45, 7) is 3.38. The van der Waals surface area contributed by atoms with E-state index >= 15 is 0 Å². The molecule has 0 aliphatic heterocycles. The van der Waals surface area contributed by atoms with Crippen LogP contribution in [0, 0.1) is 6.92 Å². The second kappa shape index (κ2) is 11.9. The van der Waals surface area contributed by atoms with E-state index in [-0.39, 0.29) is 18.5 Å². The van der Waals surface area contributed by atoms with Gasteiger partial charge in [-0.1, -0.05) is 60.8 Å². The summed E-state index contributed by atoms with van der Waals surface area (Å²) in [5.41, 5.74) is 2.14. The summed E-state index contributed by atoms with van der Waals surface area (Å²) in [5, 5.41) is 3.47. The van der Waals surface area contributed by atoms with E-state index in [2.05, 4.69) is 5.32 Å². The number of carbonyl (C=O) groups excluding carboxylic acids is 2. The van der Waals surface area contributed by atoms with Gasteiger partial charge in [-0.15, -0.1) is 0 Å². The Kier molecular flexibility index (Phi) is 9.19. The van der Waals surface area contributed by atoms with Crippen LogP contribution in [0.15, 0.2) is 48.5 Å². The SMILES string of the molecule is Cc1ccc(N(CC(=O)N(CCc2ccccc2)C(C)C(=O)NC2CCCC2)S(C)(=O)=O)cc1Cl. The zero-order valence-corrected chi connectivity index (χ0v) is 22.1. The molecule has 1 atom stereocenters. The molecule has 2 aromatic rings. The average Bonchev–Trinajstić information content (AvgIpc) is 3.32. The van der Waals surface area contributed by atoms with Gasteiger partial charge in [0, 0.05) is 17.6 Å². The van der Waals surface area contributed by atoms with Crippen molar-refractivity contribution >= 4 is 39.1 Å². The maximum Gasteiger partial charge on any atom is 0.244 e. The van der Waals surface area contributed by atoms with E-state index in [4.69, 9.17) is 11.6 Å². The second-order valence-corrected chi connectivity index (χ2v) is 11.5. The molecule has 190 valence electrons. The highest BCUT2D eigenvalue weighted by molar-refractivity contribution is 7.92. The van der Waals surface area contributed by atoms with Crippen LogP contribution in [0.3, 0.4) is 0 Å². The lowest BCUT2D eigenvalue weighted by atomic mass is 10.1. The first-order chi connectivity index (χ1) is 16.6. The summed E-state index contributed by atoms with van der Waals surface area (Å²) in [6, 6.07) is 13.9. The van der Waals surface area contributed by atoms with Crippen molar-refractivity contribution in [3.63, 3.8) is 0 Å². The van der Waals surface area contributed by atoms with Gasteiger partial charge in [0.1, 0.15) is 12.6 Å². The number of rotatable bonds is 10. The quantitative estimate of drug-likeness (QED) is 0.515. The van der Waals surface area contributed by atoms with E-state index in [1.54, 1.807) is 19.1 Å². The predicted molar refractivity (Wildman–Crippen MR) is 140 cm³/mol. The average molecular weight is 520 g/mol. The van der Waals surface area contributed by atoms with E-state index in [1.165, 1.54) is 11.0 Å². The van der Waals surface area contributed by atoms with E-state index in [1.807, 2.05) is 37.3 Å². The number of benzene rings is 2. The monoisotopic (exact) mass is 519 g/mol. The Hall–Kier alpha value is -2.58. The number of sulfonamides is 1. The van der Waals surface area contributed by atoms with Gasteiger partial charge in [0.2, 0.25) is 21.8 Å². The highest BCUT2D eigenvalue weighted by Gasteiger charge is 2.31. The van der Waals surface area contributed by atoms with Crippen molar-refractivity contribution in [1.82, 2.24) is 10.2 Å². The lowest BCUT2D eigenvalue weighted by Gasteiger charge is -2.32. The summed E-state index contributed by atoms with van der Waals surface area (Å²) in [4.78, 5) is 28.1. The Morgan fingerprint density at radius 3 is 2.37 bits per heavy atom. The van der Waals surface area contributed by atoms with Crippen LogP contribution in [0.25, 0.3) is 0 Å². The largest absolute Gasteiger partial charge is 0.352 e. The van der Waals surface area contributed by atoms with Gasteiger partial charge in [0.15, 0.2) is 0 Å². The summed E-state index contributed by atoms with van der Waals surface area (Å²) in [5.74, 6) is -0.667. The molecule has 1 aliphatic carbocycles. The van der Waals surface area contributed by atoms with Crippen LogP contribution >= 0.6 is 11.6 Å². The highest BCUT2D eigenvalue weighted by atomic mass is 35.5. The van der Waals surface area contributed by atoms with Crippen molar-refractivity contribution < 1.29 is 18.0 Å². The Balaban J connectivity index is 1.83. The number of hydrogen-bond donors (Lipinski definition) is 1. The third-order valence-electron chi connectivity index (χ3n) is 6.48. The number of halogens is 1. The Morgan fingerprint density at radius 1 is 1.11 bits per heavy atom. The number of aryl methyl sites for hydroxylation is 1. The number of nitrogens with zero attached hydrogens (tertiary/aromatic N) is 2. The fourth-order valence-corrected chi connectivity index (χ4v) is 5.33. The van der Waals surface area contributed by atoms with Crippen molar-refractivity contribution in [2.75, 3.05) is 23.7 Å². The van der Waals surface area contributed by atoms with Crippen LogP contribution in [0.5, 0.6) is 0 Å². The molecule has 2 aromatic carbocycles. The van der Waals surface area contributed by atoms with Crippen LogP contribution in [0.2, 0.25) is 5.02 Å². The molecule has 0 heterocycles. The molecule has 1 saturated carbocycles. The molecular weight excluding hydrogens is 486 g/mol. The molecule has 7 nitrogen and oxygen atoms in total. The number of hydrogen-bond acceptors (Lipinski definition) is 4. The number of nitrogens with one attached hydrogen (secondary N) is 1. The molecule has 0 spiro atoms. The van der Waals surface area contributed by atoms with Crippen molar-refractivity contribution in [1.29, 1.82) is 0 Å². The molecule has 1 aliphatic rings. The summed E-state index contributed by atoms with van der Waals surface area (Å²) >= 11 is 6.23. The normalized spacial score (nSPS) is 15.0. The Morgan fingerprint density at radius 2 is 1.77 bits per heavy atom. The smallest absolute Gasteiger partial charge is 0.244 e. The van der Waals surface area contributed by atoms with Crippen molar-refractivity contribution in [3.05, 3.63) is 64.7 Å². The molecular formula is C26H34ClN3O4S. The molecule has 0 radical (unpaired) electrons. The topological polar surface area (TPSA) is 86.8 Å². The van der Waals surface area contributed by atoms with Gasteiger partial charge in [-0.05, 0) is 56.4 Å². The molecule has 1 fully saturated rings. The minimum atomic E-state index is -3.78. The van der Waals surface area contributed by atoms with Crippen LogP contribution in [0.1, 0.15) is 43.7 Å². The number of carbonyl (C=O) groups is 2. The Labute approximate surface area is 213 Å². The van der Waals surface area contributed by atoms with Gasteiger partial charge < -0.3 is 10.2 Å². The second-order valence-electron chi connectivity index (χ2n) is 9.19. The van der Waals surface area contributed by atoms with Crippen LogP contribution in [-0.4, -0.2) is 56.6 Å². The Bertz CT molecular complexity index is 1130. The first-order valence-corrected chi connectivity index (χ1v) is 14.2.